The molecule has 1 aromatic carbocycles. The summed E-state index contributed by atoms with van der Waals surface area (Å²) in [5.74, 6) is 0.114. The first-order valence-electron chi connectivity index (χ1n) is 9.53. The van der Waals surface area contributed by atoms with Crippen molar-refractivity contribution < 1.29 is 28.9 Å². The molecule has 0 spiro atoms. The van der Waals surface area contributed by atoms with Crippen LogP contribution in [-0.4, -0.2) is 63.5 Å². The highest BCUT2D eigenvalue weighted by atomic mass is 28.3. The standard InChI is InChI=1S/C20H28N2O6Si/c1-26-17-9-14-15(10-18(17)27-2)22(12-28-6-7-29(3,4)5)20(25)16-8-13(23)11-21(16)19(14)24/h9-11,16,23H,6-8,12H2,1-5H3/t16-/m0/s1. The maximum Gasteiger partial charge on any atom is 0.260 e. The van der Waals surface area contributed by atoms with E-state index in [-0.39, 0.29) is 30.7 Å². The third-order valence-electron chi connectivity index (χ3n) is 5.05. The lowest BCUT2D eigenvalue weighted by Gasteiger charge is -2.26. The summed E-state index contributed by atoms with van der Waals surface area (Å²) in [6.45, 7) is 7.31. The number of fused-ring (bicyclic) bond motifs is 2. The molecule has 0 aliphatic carbocycles. The lowest BCUT2D eigenvalue weighted by Crippen LogP contribution is -2.45. The van der Waals surface area contributed by atoms with Crippen molar-refractivity contribution in [2.45, 2.75) is 38.1 Å². The molecule has 3 rings (SSSR count). The van der Waals surface area contributed by atoms with E-state index < -0.39 is 14.1 Å². The van der Waals surface area contributed by atoms with Gasteiger partial charge in [0.1, 0.15) is 18.5 Å². The molecule has 158 valence electrons. The topological polar surface area (TPSA) is 88.5 Å². The van der Waals surface area contributed by atoms with E-state index in [1.165, 1.54) is 30.2 Å². The Morgan fingerprint density at radius 3 is 2.41 bits per heavy atom. The Bertz CT molecular complexity index is 848. The largest absolute Gasteiger partial charge is 0.511 e. The van der Waals surface area contributed by atoms with Gasteiger partial charge in [-0.3, -0.25) is 19.4 Å². The number of anilines is 1. The van der Waals surface area contributed by atoms with Crippen LogP contribution in [0.4, 0.5) is 5.69 Å². The van der Waals surface area contributed by atoms with E-state index in [1.807, 2.05) is 0 Å². The number of benzene rings is 1. The van der Waals surface area contributed by atoms with Gasteiger partial charge in [-0.05, 0) is 12.1 Å². The van der Waals surface area contributed by atoms with E-state index in [1.54, 1.807) is 12.1 Å². The van der Waals surface area contributed by atoms with E-state index in [9.17, 15) is 14.7 Å². The van der Waals surface area contributed by atoms with Crippen molar-refractivity contribution >= 4 is 25.6 Å². The number of carbonyl (C=O) groups excluding carboxylic acids is 2. The van der Waals surface area contributed by atoms with E-state index in [4.69, 9.17) is 14.2 Å². The number of hydrogen-bond donors (Lipinski definition) is 1. The fraction of sp³-hybridized carbons (Fsp3) is 0.500. The lowest BCUT2D eigenvalue weighted by atomic mass is 10.1. The predicted octanol–water partition coefficient (Wildman–Crippen LogP) is 2.98. The predicted molar refractivity (Wildman–Crippen MR) is 111 cm³/mol. The van der Waals surface area contributed by atoms with Crippen LogP contribution in [0.2, 0.25) is 25.7 Å². The average Bonchev–Trinajstić information content (AvgIpc) is 3.04. The minimum atomic E-state index is -1.28. The highest BCUT2D eigenvalue weighted by molar-refractivity contribution is 6.76. The minimum absolute atomic E-state index is 0.000211. The molecule has 2 aliphatic heterocycles. The van der Waals surface area contributed by atoms with Crippen LogP contribution >= 0.6 is 0 Å². The molecule has 2 heterocycles. The van der Waals surface area contributed by atoms with Crippen molar-refractivity contribution in [1.29, 1.82) is 0 Å². The summed E-state index contributed by atoms with van der Waals surface area (Å²) in [5, 5.41) is 9.93. The number of hydrogen-bond acceptors (Lipinski definition) is 6. The quantitative estimate of drug-likeness (QED) is 0.539. The van der Waals surface area contributed by atoms with E-state index >= 15 is 0 Å². The van der Waals surface area contributed by atoms with E-state index in [2.05, 4.69) is 19.6 Å². The van der Waals surface area contributed by atoms with Crippen molar-refractivity contribution in [2.24, 2.45) is 0 Å². The fourth-order valence-electron chi connectivity index (χ4n) is 3.37. The molecule has 1 aromatic rings. The molecule has 9 heteroatoms. The molecule has 1 atom stereocenters. The molecule has 0 saturated carbocycles. The Morgan fingerprint density at radius 1 is 1.14 bits per heavy atom. The van der Waals surface area contributed by atoms with Crippen LogP contribution in [0.5, 0.6) is 11.5 Å². The summed E-state index contributed by atoms with van der Waals surface area (Å²) in [4.78, 5) is 29.2. The first-order chi connectivity index (χ1) is 13.7. The SMILES string of the molecule is COc1cc2c(cc1OC)N(COCC[Si](C)(C)C)C(=O)[C@@H]1CC(O)=CN1C2=O. The van der Waals surface area contributed by atoms with Crippen LogP contribution in [0.25, 0.3) is 0 Å². The molecular weight excluding hydrogens is 392 g/mol. The summed E-state index contributed by atoms with van der Waals surface area (Å²) in [6, 6.07) is 3.35. The van der Waals surface area contributed by atoms with Gasteiger partial charge in [-0.1, -0.05) is 19.6 Å². The van der Waals surface area contributed by atoms with Gasteiger partial charge in [0.25, 0.3) is 11.8 Å². The zero-order valence-electron chi connectivity index (χ0n) is 17.5. The van der Waals surface area contributed by atoms with Crippen molar-refractivity contribution in [1.82, 2.24) is 4.90 Å². The van der Waals surface area contributed by atoms with Crippen molar-refractivity contribution in [3.05, 3.63) is 29.7 Å². The average molecular weight is 421 g/mol. The van der Waals surface area contributed by atoms with Gasteiger partial charge < -0.3 is 19.3 Å². The number of nitrogens with zero attached hydrogens (tertiary/aromatic N) is 2. The summed E-state index contributed by atoms with van der Waals surface area (Å²) in [6.07, 6.45) is 1.40. The molecule has 2 amide bonds. The molecule has 1 N–H and O–H groups in total. The van der Waals surface area contributed by atoms with Gasteiger partial charge in [-0.25, -0.2) is 0 Å². The Labute approximate surface area is 171 Å². The molecule has 8 nitrogen and oxygen atoms in total. The zero-order chi connectivity index (χ0) is 21.3. The van der Waals surface area contributed by atoms with Gasteiger partial charge in [0.05, 0.1) is 25.5 Å². The molecule has 2 aliphatic rings. The first-order valence-corrected chi connectivity index (χ1v) is 13.2. The Balaban J connectivity index is 1.99. The number of aliphatic hydroxyl groups excluding tert-OH is 1. The number of rotatable bonds is 7. The van der Waals surface area contributed by atoms with Gasteiger partial charge in [0.2, 0.25) is 0 Å². The summed E-state index contributed by atoms with van der Waals surface area (Å²) in [7, 11) is 1.70. The third-order valence-corrected chi connectivity index (χ3v) is 6.76. The maximum absolute atomic E-state index is 13.3. The van der Waals surface area contributed by atoms with Crippen LogP contribution in [-0.2, 0) is 9.53 Å². The molecule has 0 fully saturated rings. The van der Waals surface area contributed by atoms with Gasteiger partial charge in [0, 0.05) is 33.4 Å². The Morgan fingerprint density at radius 2 is 1.79 bits per heavy atom. The summed E-state index contributed by atoms with van der Waals surface area (Å²) < 4.78 is 16.5. The highest BCUT2D eigenvalue weighted by Gasteiger charge is 2.43. The molecule has 0 radical (unpaired) electrons. The summed E-state index contributed by atoms with van der Waals surface area (Å²) in [5.41, 5.74) is 0.700. The molecule has 0 saturated heterocycles. The number of methoxy groups -OCH3 is 2. The molecule has 0 bridgehead atoms. The number of aliphatic hydroxyl groups is 1. The first kappa shape index (κ1) is 21.2. The lowest BCUT2D eigenvalue weighted by molar-refractivity contribution is -0.123. The van der Waals surface area contributed by atoms with E-state index in [0.717, 1.165) is 6.04 Å². The van der Waals surface area contributed by atoms with Gasteiger partial charge in [-0.15, -0.1) is 0 Å². The van der Waals surface area contributed by atoms with Crippen molar-refractivity contribution in [3.8, 4) is 11.5 Å². The summed E-state index contributed by atoms with van der Waals surface area (Å²) >= 11 is 0. The van der Waals surface area contributed by atoms with Gasteiger partial charge in [-0.2, -0.15) is 0 Å². The second kappa shape index (κ2) is 8.07. The Kier molecular flexibility index (Phi) is 5.90. The second-order valence-electron chi connectivity index (χ2n) is 8.39. The van der Waals surface area contributed by atoms with Crippen molar-refractivity contribution in [3.63, 3.8) is 0 Å². The smallest absolute Gasteiger partial charge is 0.260 e. The van der Waals surface area contributed by atoms with Crippen LogP contribution in [0.15, 0.2) is 24.1 Å². The van der Waals surface area contributed by atoms with Gasteiger partial charge >= 0.3 is 0 Å². The molecule has 0 aromatic heterocycles. The van der Waals surface area contributed by atoms with Gasteiger partial charge in [0.15, 0.2) is 11.5 Å². The fourth-order valence-corrected chi connectivity index (χ4v) is 4.13. The van der Waals surface area contributed by atoms with Crippen LogP contribution < -0.4 is 14.4 Å². The maximum atomic E-state index is 13.3. The van der Waals surface area contributed by atoms with E-state index in [0.29, 0.717) is 29.4 Å². The van der Waals surface area contributed by atoms with Crippen LogP contribution in [0.3, 0.4) is 0 Å². The number of carbonyl (C=O) groups is 2. The third kappa shape index (κ3) is 4.25. The van der Waals surface area contributed by atoms with Crippen LogP contribution in [0.1, 0.15) is 16.8 Å². The minimum Gasteiger partial charge on any atom is -0.511 e. The van der Waals surface area contributed by atoms with Crippen LogP contribution in [0, 0.1) is 0 Å². The molecule has 29 heavy (non-hydrogen) atoms. The molecular formula is C20H28N2O6Si. The Hall–Kier alpha value is -2.52. The molecule has 0 unspecified atom stereocenters. The normalized spacial score (nSPS) is 18.9. The monoisotopic (exact) mass is 420 g/mol. The number of ether oxygens (including phenoxy) is 3. The zero-order valence-corrected chi connectivity index (χ0v) is 18.5. The number of amides is 2. The van der Waals surface area contributed by atoms with Crippen molar-refractivity contribution in [2.75, 3.05) is 32.5 Å². The highest BCUT2D eigenvalue weighted by Crippen LogP contribution is 2.40. The second-order valence-corrected chi connectivity index (χ2v) is 14.0.